The minimum atomic E-state index is -1.22. The molecule has 0 saturated heterocycles. The van der Waals surface area contributed by atoms with Gasteiger partial charge in [-0.1, -0.05) is 47.3 Å². The molecule has 0 aliphatic carbocycles. The molecule has 0 aliphatic rings. The molecule has 0 radical (unpaired) electrons. The van der Waals surface area contributed by atoms with Crippen molar-refractivity contribution < 1.29 is 0 Å². The second kappa shape index (κ2) is 8.34. The van der Waals surface area contributed by atoms with Gasteiger partial charge in [0, 0.05) is 12.1 Å². The van der Waals surface area contributed by atoms with Crippen molar-refractivity contribution in [2.75, 3.05) is 19.6 Å². The van der Waals surface area contributed by atoms with Gasteiger partial charge in [-0.25, -0.2) is 0 Å². The lowest BCUT2D eigenvalue weighted by atomic mass is 9.93. The van der Waals surface area contributed by atoms with Crippen LogP contribution in [0.5, 0.6) is 0 Å². The highest BCUT2D eigenvalue weighted by molar-refractivity contribution is 6.73. The molecule has 0 heterocycles. The Morgan fingerprint density at radius 3 is 1.61 bits per heavy atom. The summed E-state index contributed by atoms with van der Waals surface area (Å²) in [4.78, 5) is 6.67. The summed E-state index contributed by atoms with van der Waals surface area (Å²) in [5.74, 6) is 0. The van der Waals surface area contributed by atoms with E-state index >= 15 is 0 Å². The fraction of sp³-hybridized carbons (Fsp3) is 1.00. The Kier molecular flexibility index (Phi) is 8.40. The van der Waals surface area contributed by atoms with Crippen molar-refractivity contribution >= 4 is 8.24 Å². The summed E-state index contributed by atoms with van der Waals surface area (Å²) < 4.78 is 0. The molecule has 0 fully saturated rings. The third-order valence-electron chi connectivity index (χ3n) is 3.60. The van der Waals surface area contributed by atoms with Gasteiger partial charge in [0.2, 0.25) is 0 Å². The van der Waals surface area contributed by atoms with Crippen molar-refractivity contribution in [3.05, 3.63) is 0 Å². The molecule has 2 nitrogen and oxygen atoms in total. The SMILES string of the molecule is CCCN(CCC)CC(CC)(CC)N[Si](C)(C)C. The van der Waals surface area contributed by atoms with Crippen LogP contribution in [0.1, 0.15) is 53.4 Å². The van der Waals surface area contributed by atoms with E-state index in [1.807, 2.05) is 0 Å². The largest absolute Gasteiger partial charge is 0.331 e. The van der Waals surface area contributed by atoms with Gasteiger partial charge in [-0.2, -0.15) is 0 Å². The third kappa shape index (κ3) is 6.91. The second-order valence-corrected chi connectivity index (χ2v) is 11.4. The van der Waals surface area contributed by atoms with Gasteiger partial charge in [-0.05, 0) is 38.8 Å². The van der Waals surface area contributed by atoms with Crippen LogP contribution >= 0.6 is 0 Å². The number of hydrogen-bond donors (Lipinski definition) is 1. The van der Waals surface area contributed by atoms with Gasteiger partial charge < -0.3 is 9.88 Å². The van der Waals surface area contributed by atoms with Crippen molar-refractivity contribution in [1.29, 1.82) is 0 Å². The van der Waals surface area contributed by atoms with E-state index in [4.69, 9.17) is 0 Å². The molecule has 0 aliphatic heterocycles. The predicted molar refractivity (Wildman–Crippen MR) is 86.8 cm³/mol. The van der Waals surface area contributed by atoms with E-state index in [0.717, 1.165) is 0 Å². The van der Waals surface area contributed by atoms with Crippen LogP contribution in [-0.4, -0.2) is 38.3 Å². The van der Waals surface area contributed by atoms with Crippen molar-refractivity contribution in [3.63, 3.8) is 0 Å². The molecule has 3 heteroatoms. The van der Waals surface area contributed by atoms with Crippen LogP contribution in [-0.2, 0) is 0 Å². The van der Waals surface area contributed by atoms with Crippen LogP contribution in [0.25, 0.3) is 0 Å². The zero-order chi connectivity index (χ0) is 14.2. The minimum Gasteiger partial charge on any atom is -0.331 e. The molecule has 0 amide bonds. The fourth-order valence-electron chi connectivity index (χ4n) is 2.82. The van der Waals surface area contributed by atoms with Crippen LogP contribution in [0.3, 0.4) is 0 Å². The van der Waals surface area contributed by atoms with Gasteiger partial charge in [-0.3, -0.25) is 0 Å². The average Bonchev–Trinajstić information content (AvgIpc) is 2.27. The minimum absolute atomic E-state index is 0.328. The molecule has 0 rings (SSSR count). The molecule has 0 unspecified atom stereocenters. The van der Waals surface area contributed by atoms with E-state index in [9.17, 15) is 0 Å². The molecule has 0 spiro atoms. The lowest BCUT2D eigenvalue weighted by Crippen LogP contribution is -2.61. The first-order valence-electron chi connectivity index (χ1n) is 7.84. The topological polar surface area (TPSA) is 15.3 Å². The quantitative estimate of drug-likeness (QED) is 0.603. The maximum Gasteiger partial charge on any atom is 0.116 e. The molecule has 0 aromatic carbocycles. The summed E-state index contributed by atoms with van der Waals surface area (Å²) in [6, 6.07) is 0. The van der Waals surface area contributed by atoms with Gasteiger partial charge in [0.05, 0.1) is 0 Å². The van der Waals surface area contributed by atoms with Crippen LogP contribution in [0.15, 0.2) is 0 Å². The summed E-state index contributed by atoms with van der Waals surface area (Å²) in [6.07, 6.45) is 4.99. The van der Waals surface area contributed by atoms with Crippen molar-refractivity contribution in [1.82, 2.24) is 9.88 Å². The molecule has 0 bridgehead atoms. The highest BCUT2D eigenvalue weighted by Crippen LogP contribution is 2.20. The fourth-order valence-corrected chi connectivity index (χ4v) is 4.84. The predicted octanol–water partition coefficient (Wildman–Crippen LogP) is 4.09. The van der Waals surface area contributed by atoms with Crippen LogP contribution < -0.4 is 4.98 Å². The molecular formula is C15H36N2Si. The van der Waals surface area contributed by atoms with E-state index in [2.05, 4.69) is 57.2 Å². The Bertz CT molecular complexity index is 201. The van der Waals surface area contributed by atoms with E-state index in [1.54, 1.807) is 0 Å². The van der Waals surface area contributed by atoms with E-state index in [-0.39, 0.29) is 0 Å². The summed E-state index contributed by atoms with van der Waals surface area (Å²) in [5.41, 5.74) is 0.328. The van der Waals surface area contributed by atoms with Crippen LogP contribution in [0, 0.1) is 0 Å². The summed E-state index contributed by atoms with van der Waals surface area (Å²) >= 11 is 0. The number of nitrogens with one attached hydrogen (secondary N) is 1. The van der Waals surface area contributed by atoms with Gasteiger partial charge >= 0.3 is 0 Å². The van der Waals surface area contributed by atoms with Gasteiger partial charge in [0.25, 0.3) is 0 Å². The Morgan fingerprint density at radius 2 is 1.33 bits per heavy atom. The summed E-state index contributed by atoms with van der Waals surface area (Å²) in [7, 11) is -1.22. The molecule has 110 valence electrons. The lowest BCUT2D eigenvalue weighted by molar-refractivity contribution is 0.185. The number of rotatable bonds is 10. The van der Waals surface area contributed by atoms with E-state index in [0.29, 0.717) is 5.54 Å². The number of nitrogens with zero attached hydrogens (tertiary/aromatic N) is 1. The highest BCUT2D eigenvalue weighted by Gasteiger charge is 2.32. The Labute approximate surface area is 117 Å². The zero-order valence-corrected chi connectivity index (χ0v) is 14.9. The van der Waals surface area contributed by atoms with Crippen molar-refractivity contribution in [2.24, 2.45) is 0 Å². The van der Waals surface area contributed by atoms with Gasteiger partial charge in [0.1, 0.15) is 8.24 Å². The molecule has 0 atom stereocenters. The first kappa shape index (κ1) is 18.1. The first-order valence-corrected chi connectivity index (χ1v) is 11.3. The summed E-state index contributed by atoms with van der Waals surface area (Å²) in [5, 5.41) is 0. The Morgan fingerprint density at radius 1 is 0.889 bits per heavy atom. The first-order chi connectivity index (χ1) is 8.32. The molecule has 0 aromatic rings. The lowest BCUT2D eigenvalue weighted by Gasteiger charge is -2.42. The smallest absolute Gasteiger partial charge is 0.116 e. The van der Waals surface area contributed by atoms with Crippen molar-refractivity contribution in [2.45, 2.75) is 78.6 Å². The molecule has 0 aromatic heterocycles. The van der Waals surface area contributed by atoms with Gasteiger partial charge in [0.15, 0.2) is 0 Å². The second-order valence-electron chi connectivity index (χ2n) is 6.64. The number of hydrogen-bond acceptors (Lipinski definition) is 2. The van der Waals surface area contributed by atoms with Crippen LogP contribution in [0.2, 0.25) is 19.6 Å². The maximum atomic E-state index is 4.01. The zero-order valence-electron chi connectivity index (χ0n) is 13.9. The van der Waals surface area contributed by atoms with Gasteiger partial charge in [-0.15, -0.1) is 0 Å². The van der Waals surface area contributed by atoms with E-state index in [1.165, 1.54) is 45.3 Å². The van der Waals surface area contributed by atoms with Crippen LogP contribution in [0.4, 0.5) is 0 Å². The van der Waals surface area contributed by atoms with Crippen molar-refractivity contribution in [3.8, 4) is 0 Å². The molecule has 1 N–H and O–H groups in total. The monoisotopic (exact) mass is 272 g/mol. The Hall–Kier alpha value is 0.137. The van der Waals surface area contributed by atoms with E-state index < -0.39 is 8.24 Å². The third-order valence-corrected chi connectivity index (χ3v) is 4.88. The highest BCUT2D eigenvalue weighted by atomic mass is 28.3. The maximum absolute atomic E-state index is 4.01. The normalized spacial score (nSPS) is 13.3. The standard InChI is InChI=1S/C15H36N2Si/c1-8-12-17(13-9-2)14-15(10-3,11-4)16-18(5,6)7/h16H,8-14H2,1-7H3. The molecule has 0 saturated carbocycles. The Balaban J connectivity index is 4.74. The summed E-state index contributed by atoms with van der Waals surface area (Å²) in [6.45, 7) is 20.2. The molecule has 18 heavy (non-hydrogen) atoms. The average molecular weight is 273 g/mol. The molecular weight excluding hydrogens is 236 g/mol.